The molecule has 0 spiro atoms. The highest BCUT2D eigenvalue weighted by molar-refractivity contribution is 6.24. The molecule has 0 heterocycles. The smallest absolute Gasteiger partial charge is 0.255 e. The molecule has 2 unspecified atom stereocenters. The number of rotatable bonds is 4. The van der Waals surface area contributed by atoms with Crippen molar-refractivity contribution >= 4 is 23.2 Å². The van der Waals surface area contributed by atoms with E-state index < -0.39 is 58.0 Å². The molecule has 0 radical (unpaired) electrons. The van der Waals surface area contributed by atoms with Gasteiger partial charge in [-0.1, -0.05) is 18.2 Å². The molecule has 3 aliphatic rings. The first-order chi connectivity index (χ1) is 17.9. The number of phenolic OH excluding ortho intramolecular Hbond substituents is 1. The number of likely N-dealkylation sites (N-methyl/N-ethyl adjacent to an activating group) is 1. The predicted octanol–water partition coefficient (Wildman–Crippen LogP) is 1.64. The minimum atomic E-state index is -2.66. The van der Waals surface area contributed by atoms with Gasteiger partial charge in [0.1, 0.15) is 28.6 Å². The molecule has 1 fully saturated rings. The zero-order valence-corrected chi connectivity index (χ0v) is 21.1. The van der Waals surface area contributed by atoms with Gasteiger partial charge in [-0.2, -0.15) is 0 Å². The Morgan fingerprint density at radius 3 is 2.32 bits per heavy atom. The molecule has 10 heteroatoms. The summed E-state index contributed by atoms with van der Waals surface area (Å²) in [5, 5.41) is 44.6. The molecular weight excluding hydrogens is 492 g/mol. The quantitative estimate of drug-likeness (QED) is 0.376. The van der Waals surface area contributed by atoms with Crippen molar-refractivity contribution in [1.82, 2.24) is 4.90 Å². The number of methoxy groups -OCH3 is 1. The van der Waals surface area contributed by atoms with Crippen LogP contribution in [-0.4, -0.2) is 75.6 Å². The van der Waals surface area contributed by atoms with Crippen LogP contribution in [0.2, 0.25) is 0 Å². The molecule has 0 saturated heterocycles. The lowest BCUT2D eigenvalue weighted by Gasteiger charge is -2.50. The Balaban J connectivity index is 1.72. The molecule has 3 aliphatic carbocycles. The number of carbonyl (C=O) groups excluding carboxylic acids is 3. The summed E-state index contributed by atoms with van der Waals surface area (Å²) in [7, 11) is 4.68. The fraction of sp³-hybridized carbons (Fsp3) is 0.321. The van der Waals surface area contributed by atoms with Crippen LogP contribution < -0.4 is 10.5 Å². The first-order valence-electron chi connectivity index (χ1n) is 12.1. The van der Waals surface area contributed by atoms with Crippen molar-refractivity contribution in [3.05, 3.63) is 64.4 Å². The molecule has 0 bridgehead atoms. The highest BCUT2D eigenvalue weighted by Crippen LogP contribution is 2.53. The first kappa shape index (κ1) is 25.5. The predicted molar refractivity (Wildman–Crippen MR) is 136 cm³/mol. The summed E-state index contributed by atoms with van der Waals surface area (Å²) in [4.78, 5) is 40.6. The van der Waals surface area contributed by atoms with Crippen LogP contribution in [0.15, 0.2) is 53.3 Å². The van der Waals surface area contributed by atoms with Crippen molar-refractivity contribution in [2.75, 3.05) is 21.2 Å². The van der Waals surface area contributed by atoms with Crippen molar-refractivity contribution in [1.29, 1.82) is 0 Å². The summed E-state index contributed by atoms with van der Waals surface area (Å²) in [6, 6.07) is 9.23. The number of carbonyl (C=O) groups is 3. The van der Waals surface area contributed by atoms with Crippen molar-refractivity contribution < 1.29 is 39.5 Å². The number of fused-ring (bicyclic) bond motifs is 3. The second kappa shape index (κ2) is 8.71. The van der Waals surface area contributed by atoms with E-state index in [0.717, 1.165) is 11.1 Å². The van der Waals surface area contributed by atoms with Crippen LogP contribution >= 0.6 is 0 Å². The van der Waals surface area contributed by atoms with E-state index in [0.29, 0.717) is 11.3 Å². The van der Waals surface area contributed by atoms with E-state index >= 15 is 0 Å². The zero-order valence-electron chi connectivity index (χ0n) is 21.1. The van der Waals surface area contributed by atoms with Crippen LogP contribution in [0, 0.1) is 11.8 Å². The van der Waals surface area contributed by atoms with E-state index in [-0.39, 0.29) is 29.7 Å². The number of nitrogens with zero attached hydrogens (tertiary/aromatic N) is 1. The summed E-state index contributed by atoms with van der Waals surface area (Å²) in [6.45, 7) is 0. The molecule has 5 rings (SSSR count). The third kappa shape index (κ3) is 3.37. The monoisotopic (exact) mass is 520 g/mol. The largest absolute Gasteiger partial charge is 0.508 e. The van der Waals surface area contributed by atoms with Gasteiger partial charge in [-0.05, 0) is 67.7 Å². The number of aromatic hydroxyl groups is 1. The SMILES string of the molecule is COc1ccc(-c2ccc(O)c3c2CC2CC4[C@H](N(C)C)C(=O)C(C(N)=O)=C(O)[C@@]4(O)C(=O)C2=C3O)cc1. The number of benzene rings is 2. The summed E-state index contributed by atoms with van der Waals surface area (Å²) < 4.78 is 5.23. The van der Waals surface area contributed by atoms with Gasteiger partial charge >= 0.3 is 0 Å². The molecule has 38 heavy (non-hydrogen) atoms. The van der Waals surface area contributed by atoms with Crippen LogP contribution in [0.3, 0.4) is 0 Å². The summed E-state index contributed by atoms with van der Waals surface area (Å²) in [5.74, 6) is -6.08. The number of hydrogen-bond acceptors (Lipinski definition) is 9. The third-order valence-corrected chi connectivity index (χ3v) is 8.01. The van der Waals surface area contributed by atoms with Gasteiger partial charge in [0.15, 0.2) is 11.4 Å². The van der Waals surface area contributed by atoms with E-state index in [2.05, 4.69) is 0 Å². The lowest BCUT2D eigenvalue weighted by atomic mass is 9.57. The molecule has 4 atom stereocenters. The van der Waals surface area contributed by atoms with Crippen molar-refractivity contribution in [3.63, 3.8) is 0 Å². The van der Waals surface area contributed by atoms with Gasteiger partial charge < -0.3 is 30.9 Å². The second-order valence-corrected chi connectivity index (χ2v) is 10.2. The van der Waals surface area contributed by atoms with Gasteiger partial charge in [-0.25, -0.2) is 0 Å². The Bertz CT molecular complexity index is 1460. The number of ether oxygens (including phenoxy) is 1. The summed E-state index contributed by atoms with van der Waals surface area (Å²) in [6.07, 6.45) is 0.244. The van der Waals surface area contributed by atoms with E-state index in [1.807, 2.05) is 12.1 Å². The molecule has 198 valence electrons. The summed E-state index contributed by atoms with van der Waals surface area (Å²) in [5.41, 5.74) is 3.84. The Hall–Kier alpha value is -4.15. The van der Waals surface area contributed by atoms with Gasteiger partial charge in [0.2, 0.25) is 5.78 Å². The second-order valence-electron chi connectivity index (χ2n) is 10.2. The van der Waals surface area contributed by atoms with E-state index in [9.17, 15) is 34.8 Å². The molecule has 6 N–H and O–H groups in total. The van der Waals surface area contributed by atoms with Crippen molar-refractivity contribution in [2.45, 2.75) is 24.5 Å². The van der Waals surface area contributed by atoms with Gasteiger partial charge in [-0.15, -0.1) is 0 Å². The van der Waals surface area contributed by atoms with Gasteiger partial charge in [-0.3, -0.25) is 19.3 Å². The Labute approximate surface area is 218 Å². The van der Waals surface area contributed by atoms with E-state index in [1.165, 1.54) is 11.0 Å². The summed E-state index contributed by atoms with van der Waals surface area (Å²) >= 11 is 0. The topological polar surface area (TPSA) is 171 Å². The van der Waals surface area contributed by atoms with Crippen LogP contribution in [0.5, 0.6) is 11.5 Å². The Kier molecular flexibility index (Phi) is 5.85. The van der Waals surface area contributed by atoms with Crippen LogP contribution in [0.4, 0.5) is 0 Å². The average molecular weight is 521 g/mol. The van der Waals surface area contributed by atoms with Crippen LogP contribution in [0.25, 0.3) is 16.9 Å². The highest BCUT2D eigenvalue weighted by Gasteiger charge is 2.64. The number of aliphatic hydroxyl groups is 3. The number of hydrogen-bond donors (Lipinski definition) is 5. The Morgan fingerprint density at radius 1 is 1.08 bits per heavy atom. The van der Waals surface area contributed by atoms with Crippen LogP contribution in [-0.2, 0) is 20.8 Å². The van der Waals surface area contributed by atoms with E-state index in [1.54, 1.807) is 39.4 Å². The van der Waals surface area contributed by atoms with Gasteiger partial charge in [0.25, 0.3) is 5.91 Å². The fourth-order valence-electron chi connectivity index (χ4n) is 6.29. The molecule has 2 aromatic rings. The molecular formula is C28H28N2O8. The number of amides is 1. The maximum Gasteiger partial charge on any atom is 0.255 e. The number of Topliss-reactive ketones (excluding diaryl/α,β-unsaturated/α-hetero) is 2. The van der Waals surface area contributed by atoms with Crippen molar-refractivity contribution in [2.24, 2.45) is 17.6 Å². The number of primary amides is 1. The number of ketones is 2. The third-order valence-electron chi connectivity index (χ3n) is 8.01. The van der Waals surface area contributed by atoms with E-state index in [4.69, 9.17) is 10.5 Å². The van der Waals surface area contributed by atoms with Crippen molar-refractivity contribution in [3.8, 4) is 22.6 Å². The molecule has 2 aromatic carbocycles. The van der Waals surface area contributed by atoms with Crippen LogP contribution in [0.1, 0.15) is 17.5 Å². The average Bonchev–Trinajstić information content (AvgIpc) is 2.86. The molecule has 1 saturated carbocycles. The number of phenols is 1. The lowest BCUT2D eigenvalue weighted by molar-refractivity contribution is -0.153. The molecule has 0 aromatic heterocycles. The Morgan fingerprint density at radius 2 is 1.74 bits per heavy atom. The minimum Gasteiger partial charge on any atom is -0.508 e. The minimum absolute atomic E-state index is 0.0312. The number of aliphatic hydroxyl groups excluding tert-OH is 2. The van der Waals surface area contributed by atoms with Gasteiger partial charge in [0, 0.05) is 11.5 Å². The maximum atomic E-state index is 13.9. The standard InChI is InChI=1S/C28H28N2O8/c1-30(2)22-17-11-13-10-16-15(12-4-6-14(38-3)7-5-12)8-9-18(31)20(16)23(32)19(13)25(34)28(17,37)26(35)21(24(22)33)27(29)36/h4-9,13,17,22,31-32,35,37H,10-11H2,1-3H3,(H2,29,36)/t13?,17?,22-,28-/m0/s1. The normalized spacial score (nSPS) is 26.7. The zero-order chi connectivity index (χ0) is 27.7. The maximum absolute atomic E-state index is 13.9. The molecule has 1 amide bonds. The number of nitrogens with two attached hydrogens (primary N) is 1. The molecule has 10 nitrogen and oxygen atoms in total. The highest BCUT2D eigenvalue weighted by atomic mass is 16.5. The fourth-order valence-corrected chi connectivity index (χ4v) is 6.29. The first-order valence-corrected chi connectivity index (χ1v) is 12.1. The molecule has 0 aliphatic heterocycles. The lowest BCUT2D eigenvalue weighted by Crippen LogP contribution is -2.65. The van der Waals surface area contributed by atoms with Gasteiger partial charge in [0.05, 0.1) is 18.7 Å².